The van der Waals surface area contributed by atoms with Crippen molar-refractivity contribution in [3.8, 4) is 0 Å². The molecule has 0 unspecified atom stereocenters. The van der Waals surface area contributed by atoms with Gasteiger partial charge in [-0.25, -0.2) is 0 Å². The van der Waals surface area contributed by atoms with Crippen LogP contribution in [0.15, 0.2) is 34.9 Å². The number of nitrogens with zero attached hydrogens (tertiary/aromatic N) is 3. The third-order valence-electron chi connectivity index (χ3n) is 5.02. The number of hydrogen-bond donors (Lipinski definition) is 1. The number of amides is 2. The van der Waals surface area contributed by atoms with Crippen molar-refractivity contribution in [2.45, 2.75) is 32.3 Å². The Hall–Kier alpha value is -2.74. The Morgan fingerprint density at radius 2 is 2.19 bits per heavy atom. The smallest absolute Gasteiger partial charge is 0.273 e. The van der Waals surface area contributed by atoms with Crippen LogP contribution in [-0.2, 0) is 9.63 Å². The molecule has 4 rings (SSSR count). The summed E-state index contributed by atoms with van der Waals surface area (Å²) in [6.07, 6.45) is 2.73. The molecule has 0 saturated carbocycles. The number of carbonyl (C=O) groups is 2. The predicted molar refractivity (Wildman–Crippen MR) is 103 cm³/mol. The van der Waals surface area contributed by atoms with E-state index in [1.807, 2.05) is 25.3 Å². The van der Waals surface area contributed by atoms with Crippen molar-refractivity contribution in [1.82, 2.24) is 9.88 Å². The lowest BCUT2D eigenvalue weighted by molar-refractivity contribution is -0.110. The lowest BCUT2D eigenvalue weighted by Crippen LogP contribution is -2.37. The highest BCUT2D eigenvalue weighted by Gasteiger charge is 2.48. The summed E-state index contributed by atoms with van der Waals surface area (Å²) in [5.74, 6) is -0.270. The molecule has 0 aliphatic carbocycles. The molecule has 0 bridgehead atoms. The van der Waals surface area contributed by atoms with Crippen LogP contribution >= 0.6 is 11.3 Å². The van der Waals surface area contributed by atoms with Crippen LogP contribution in [0.2, 0.25) is 0 Å². The van der Waals surface area contributed by atoms with Crippen molar-refractivity contribution in [2.75, 3.05) is 18.4 Å². The number of hydrogen-bond acceptors (Lipinski definition) is 6. The molecule has 2 aromatic heterocycles. The van der Waals surface area contributed by atoms with E-state index in [2.05, 4.69) is 15.5 Å². The zero-order valence-electron chi connectivity index (χ0n) is 15.2. The van der Waals surface area contributed by atoms with E-state index in [9.17, 15) is 9.59 Å². The second kappa shape index (κ2) is 6.77. The first-order valence-electron chi connectivity index (χ1n) is 8.79. The van der Waals surface area contributed by atoms with Crippen molar-refractivity contribution in [3.63, 3.8) is 0 Å². The highest BCUT2D eigenvalue weighted by molar-refractivity contribution is 7.12. The topological polar surface area (TPSA) is 83.9 Å². The van der Waals surface area contributed by atoms with Gasteiger partial charge in [0.1, 0.15) is 5.71 Å². The normalized spacial score (nSPS) is 21.3. The van der Waals surface area contributed by atoms with Crippen LogP contribution in [0.25, 0.3) is 0 Å². The summed E-state index contributed by atoms with van der Waals surface area (Å²) in [6.45, 7) is 4.81. The third kappa shape index (κ3) is 3.32. The van der Waals surface area contributed by atoms with Gasteiger partial charge in [0.2, 0.25) is 0 Å². The van der Waals surface area contributed by atoms with Gasteiger partial charge >= 0.3 is 0 Å². The van der Waals surface area contributed by atoms with Crippen LogP contribution in [0.1, 0.15) is 33.8 Å². The first kappa shape index (κ1) is 17.7. The highest BCUT2D eigenvalue weighted by Crippen LogP contribution is 2.35. The number of aryl methyl sites for hydroxylation is 2. The summed E-state index contributed by atoms with van der Waals surface area (Å²) < 4.78 is 0. The van der Waals surface area contributed by atoms with Crippen LogP contribution in [0.4, 0.5) is 5.69 Å². The van der Waals surface area contributed by atoms with Gasteiger partial charge < -0.3 is 15.1 Å². The first-order valence-corrected chi connectivity index (χ1v) is 9.67. The van der Waals surface area contributed by atoms with Gasteiger partial charge in [0.05, 0.1) is 22.8 Å². The molecule has 1 atom stereocenters. The Labute approximate surface area is 161 Å². The minimum atomic E-state index is -0.600. The van der Waals surface area contributed by atoms with Gasteiger partial charge in [-0.05, 0) is 43.0 Å². The predicted octanol–water partition coefficient (Wildman–Crippen LogP) is 2.76. The fourth-order valence-corrected chi connectivity index (χ4v) is 4.32. The molecule has 0 aromatic carbocycles. The number of oxime groups is 1. The van der Waals surface area contributed by atoms with Gasteiger partial charge in [0.15, 0.2) is 5.60 Å². The van der Waals surface area contributed by atoms with Crippen molar-refractivity contribution < 1.29 is 14.4 Å². The summed E-state index contributed by atoms with van der Waals surface area (Å²) in [7, 11) is 0. The second-order valence-corrected chi connectivity index (χ2v) is 7.91. The molecule has 2 aromatic rings. The second-order valence-electron chi connectivity index (χ2n) is 6.99. The molecular weight excluding hydrogens is 364 g/mol. The fourth-order valence-electron chi connectivity index (χ4n) is 3.43. The van der Waals surface area contributed by atoms with Gasteiger partial charge in [-0.15, -0.1) is 11.3 Å². The van der Waals surface area contributed by atoms with Gasteiger partial charge in [-0.3, -0.25) is 14.6 Å². The molecular formula is C19H20N4O3S. The highest BCUT2D eigenvalue weighted by atomic mass is 32.1. The van der Waals surface area contributed by atoms with E-state index in [0.29, 0.717) is 37.3 Å². The Kier molecular flexibility index (Phi) is 4.43. The largest absolute Gasteiger partial charge is 0.386 e. The molecule has 4 heterocycles. The van der Waals surface area contributed by atoms with Crippen LogP contribution < -0.4 is 5.32 Å². The van der Waals surface area contributed by atoms with E-state index in [-0.39, 0.29) is 11.8 Å². The molecule has 27 heavy (non-hydrogen) atoms. The molecule has 7 nitrogen and oxygen atoms in total. The van der Waals surface area contributed by atoms with Gasteiger partial charge in [-0.1, -0.05) is 5.16 Å². The SMILES string of the molecule is Cc1ccsc1C(=O)N1CC[C@]2(CC(C(=O)Nc3cccnc3C)=NO2)C1. The molecule has 0 radical (unpaired) electrons. The number of thiophene rings is 1. The molecule has 2 amide bonds. The summed E-state index contributed by atoms with van der Waals surface area (Å²) in [5.41, 5.74) is 2.13. The number of likely N-dealkylation sites (tertiary alicyclic amines) is 1. The fraction of sp³-hybridized carbons (Fsp3) is 0.368. The van der Waals surface area contributed by atoms with Crippen molar-refractivity contribution in [3.05, 3.63) is 45.9 Å². The van der Waals surface area contributed by atoms with Crippen LogP contribution in [0.5, 0.6) is 0 Å². The maximum atomic E-state index is 12.7. The molecule has 140 valence electrons. The Morgan fingerprint density at radius 1 is 1.33 bits per heavy atom. The van der Waals surface area contributed by atoms with E-state index < -0.39 is 5.60 Å². The summed E-state index contributed by atoms with van der Waals surface area (Å²) in [6, 6.07) is 5.51. The zero-order chi connectivity index (χ0) is 19.0. The van der Waals surface area contributed by atoms with E-state index >= 15 is 0 Å². The van der Waals surface area contributed by atoms with Crippen molar-refractivity contribution in [2.24, 2.45) is 5.16 Å². The number of rotatable bonds is 3. The van der Waals surface area contributed by atoms with Gasteiger partial charge in [-0.2, -0.15) is 0 Å². The van der Waals surface area contributed by atoms with E-state index in [1.165, 1.54) is 11.3 Å². The standard InChI is InChI=1S/C19H20N4O3S/c1-12-5-9-27-16(12)18(25)23-8-6-19(11-23)10-15(22-26-19)17(24)21-14-4-3-7-20-13(14)2/h3-5,7,9H,6,8,10-11H2,1-2H3,(H,21,24)/t19-/m0/s1. The quantitative estimate of drug-likeness (QED) is 0.882. The zero-order valence-corrected chi connectivity index (χ0v) is 16.0. The molecule has 1 saturated heterocycles. The number of pyridine rings is 1. The Balaban J connectivity index is 1.40. The minimum absolute atomic E-state index is 0.0202. The molecule has 1 fully saturated rings. The van der Waals surface area contributed by atoms with Crippen LogP contribution in [-0.4, -0.2) is 46.1 Å². The lowest BCUT2D eigenvalue weighted by Gasteiger charge is -2.21. The van der Waals surface area contributed by atoms with Crippen molar-refractivity contribution in [1.29, 1.82) is 0 Å². The van der Waals surface area contributed by atoms with E-state index in [4.69, 9.17) is 4.84 Å². The first-order chi connectivity index (χ1) is 13.0. The summed E-state index contributed by atoms with van der Waals surface area (Å²) >= 11 is 1.45. The number of aromatic nitrogens is 1. The average molecular weight is 384 g/mol. The number of carbonyl (C=O) groups excluding carboxylic acids is 2. The van der Waals surface area contributed by atoms with E-state index in [1.54, 1.807) is 23.2 Å². The van der Waals surface area contributed by atoms with Crippen LogP contribution in [0, 0.1) is 13.8 Å². The maximum Gasteiger partial charge on any atom is 0.273 e. The molecule has 2 aliphatic heterocycles. The minimum Gasteiger partial charge on any atom is -0.386 e. The summed E-state index contributed by atoms with van der Waals surface area (Å²) in [5, 5.41) is 8.77. The Morgan fingerprint density at radius 3 is 2.93 bits per heavy atom. The number of nitrogens with one attached hydrogen (secondary N) is 1. The van der Waals surface area contributed by atoms with Gasteiger partial charge in [0.25, 0.3) is 11.8 Å². The number of anilines is 1. The van der Waals surface area contributed by atoms with Crippen molar-refractivity contribution >= 4 is 34.6 Å². The van der Waals surface area contributed by atoms with E-state index in [0.717, 1.165) is 16.1 Å². The maximum absolute atomic E-state index is 12.7. The molecule has 8 heteroatoms. The summed E-state index contributed by atoms with van der Waals surface area (Å²) in [4.78, 5) is 37.6. The van der Waals surface area contributed by atoms with Gasteiger partial charge in [0, 0.05) is 25.6 Å². The van der Waals surface area contributed by atoms with Crippen LogP contribution in [0.3, 0.4) is 0 Å². The lowest BCUT2D eigenvalue weighted by atomic mass is 9.96. The average Bonchev–Trinajstić information content (AvgIpc) is 3.38. The molecule has 1 N–H and O–H groups in total. The third-order valence-corrected chi connectivity index (χ3v) is 6.02. The molecule has 1 spiro atoms. The monoisotopic (exact) mass is 384 g/mol. The Bertz CT molecular complexity index is 939. The molecule has 2 aliphatic rings.